The van der Waals surface area contributed by atoms with Gasteiger partial charge in [-0.15, -0.1) is 0 Å². The molecule has 1 aliphatic heterocycles. The highest BCUT2D eigenvalue weighted by Crippen LogP contribution is 2.40. The van der Waals surface area contributed by atoms with Gasteiger partial charge in [0.15, 0.2) is 11.5 Å². The normalized spacial score (nSPS) is 14.3. The van der Waals surface area contributed by atoms with Crippen molar-refractivity contribution in [1.82, 2.24) is 19.8 Å². The first-order valence-corrected chi connectivity index (χ1v) is 9.83. The Labute approximate surface area is 177 Å². The van der Waals surface area contributed by atoms with Crippen LogP contribution in [0, 0.1) is 0 Å². The summed E-state index contributed by atoms with van der Waals surface area (Å²) in [5.41, 5.74) is 0.858. The largest absolute Gasteiger partial charge is 0.493 e. The van der Waals surface area contributed by atoms with E-state index in [0.29, 0.717) is 30.3 Å². The van der Waals surface area contributed by atoms with Crippen LogP contribution in [0.4, 0.5) is 5.95 Å². The molecule has 0 bridgehead atoms. The lowest BCUT2D eigenvalue weighted by molar-refractivity contribution is -0.131. The lowest BCUT2D eigenvalue weighted by Gasteiger charge is -2.35. The van der Waals surface area contributed by atoms with Gasteiger partial charge in [0.2, 0.25) is 17.6 Å². The SMILES string of the molecule is COc1ccc(CN(C)C(=O)CN2CCN(c3ncccn3)CC2)c(OC)c1OC. The van der Waals surface area contributed by atoms with Crippen LogP contribution in [0.2, 0.25) is 0 Å². The zero-order chi connectivity index (χ0) is 21.5. The average Bonchev–Trinajstić information content (AvgIpc) is 2.79. The Morgan fingerprint density at radius 1 is 1.00 bits per heavy atom. The van der Waals surface area contributed by atoms with Crippen molar-refractivity contribution < 1.29 is 19.0 Å². The Hall–Kier alpha value is -3.07. The molecule has 9 heteroatoms. The molecular formula is C21H29N5O4. The second-order valence-electron chi connectivity index (χ2n) is 7.06. The van der Waals surface area contributed by atoms with Crippen molar-refractivity contribution in [2.45, 2.75) is 6.54 Å². The van der Waals surface area contributed by atoms with Gasteiger partial charge in [-0.2, -0.15) is 0 Å². The third-order valence-corrected chi connectivity index (χ3v) is 5.19. The van der Waals surface area contributed by atoms with Crippen LogP contribution >= 0.6 is 0 Å². The quantitative estimate of drug-likeness (QED) is 0.638. The maximum Gasteiger partial charge on any atom is 0.236 e. The number of carbonyl (C=O) groups excluding carboxylic acids is 1. The summed E-state index contributed by atoms with van der Waals surface area (Å²) in [6, 6.07) is 5.52. The van der Waals surface area contributed by atoms with Gasteiger partial charge in [-0.1, -0.05) is 0 Å². The first-order valence-electron chi connectivity index (χ1n) is 9.83. The van der Waals surface area contributed by atoms with E-state index in [9.17, 15) is 4.79 Å². The molecular weight excluding hydrogens is 386 g/mol. The van der Waals surface area contributed by atoms with Gasteiger partial charge >= 0.3 is 0 Å². The van der Waals surface area contributed by atoms with Crippen molar-refractivity contribution in [3.05, 3.63) is 36.2 Å². The fourth-order valence-corrected chi connectivity index (χ4v) is 3.50. The molecule has 2 heterocycles. The molecule has 162 valence electrons. The molecule has 1 fully saturated rings. The van der Waals surface area contributed by atoms with E-state index in [4.69, 9.17) is 14.2 Å². The van der Waals surface area contributed by atoms with Crippen molar-refractivity contribution in [2.75, 3.05) is 66.0 Å². The minimum atomic E-state index is 0.0521. The van der Waals surface area contributed by atoms with E-state index >= 15 is 0 Å². The van der Waals surface area contributed by atoms with Crippen LogP contribution < -0.4 is 19.1 Å². The summed E-state index contributed by atoms with van der Waals surface area (Å²) in [6.45, 7) is 3.96. The summed E-state index contributed by atoms with van der Waals surface area (Å²) < 4.78 is 16.3. The molecule has 2 aromatic rings. The van der Waals surface area contributed by atoms with E-state index in [2.05, 4.69) is 19.8 Å². The van der Waals surface area contributed by atoms with Gasteiger partial charge in [0.1, 0.15) is 0 Å². The van der Waals surface area contributed by atoms with Crippen LogP contribution in [0.3, 0.4) is 0 Å². The smallest absolute Gasteiger partial charge is 0.236 e. The number of ether oxygens (including phenoxy) is 3. The molecule has 3 rings (SSSR count). The molecule has 1 aromatic heterocycles. The van der Waals surface area contributed by atoms with Crippen molar-refractivity contribution in [1.29, 1.82) is 0 Å². The zero-order valence-electron chi connectivity index (χ0n) is 18.0. The Morgan fingerprint density at radius 2 is 1.67 bits per heavy atom. The van der Waals surface area contributed by atoms with Crippen molar-refractivity contribution in [3.8, 4) is 17.2 Å². The number of hydrogen-bond donors (Lipinski definition) is 0. The van der Waals surface area contributed by atoms with E-state index in [1.165, 1.54) is 0 Å². The highest BCUT2D eigenvalue weighted by atomic mass is 16.5. The molecule has 0 unspecified atom stereocenters. The molecule has 1 saturated heterocycles. The fraction of sp³-hybridized carbons (Fsp3) is 0.476. The van der Waals surface area contributed by atoms with Gasteiger partial charge in [-0.25, -0.2) is 9.97 Å². The van der Waals surface area contributed by atoms with Gasteiger partial charge < -0.3 is 24.0 Å². The third kappa shape index (κ3) is 4.91. The van der Waals surface area contributed by atoms with Gasteiger partial charge in [-0.3, -0.25) is 9.69 Å². The minimum Gasteiger partial charge on any atom is -0.493 e. The molecule has 9 nitrogen and oxygen atoms in total. The molecule has 0 aliphatic carbocycles. The zero-order valence-corrected chi connectivity index (χ0v) is 18.0. The summed E-state index contributed by atoms with van der Waals surface area (Å²) in [4.78, 5) is 27.4. The number of piperazine rings is 1. The lowest BCUT2D eigenvalue weighted by Crippen LogP contribution is -2.50. The Kier molecular flexibility index (Phi) is 7.29. The molecule has 0 saturated carbocycles. The number of carbonyl (C=O) groups is 1. The highest BCUT2D eigenvalue weighted by molar-refractivity contribution is 5.78. The van der Waals surface area contributed by atoms with E-state index in [1.54, 1.807) is 45.7 Å². The van der Waals surface area contributed by atoms with Crippen LogP contribution in [0.25, 0.3) is 0 Å². The Bertz CT molecular complexity index is 841. The van der Waals surface area contributed by atoms with Crippen LogP contribution in [0.1, 0.15) is 5.56 Å². The predicted octanol–water partition coefficient (Wildman–Crippen LogP) is 1.28. The molecule has 1 aliphatic rings. The number of likely N-dealkylation sites (N-methyl/N-ethyl adjacent to an activating group) is 1. The Morgan fingerprint density at radius 3 is 2.27 bits per heavy atom. The van der Waals surface area contributed by atoms with Crippen LogP contribution in [0.5, 0.6) is 17.2 Å². The minimum absolute atomic E-state index is 0.0521. The standard InChI is InChI=1S/C21H29N5O4/c1-24(14-16-6-7-17(28-2)20(30-4)19(16)29-3)18(27)15-25-10-12-26(13-11-25)21-22-8-5-9-23-21/h5-9H,10-15H2,1-4H3. The first kappa shape index (κ1) is 21.6. The van der Waals surface area contributed by atoms with E-state index in [-0.39, 0.29) is 5.91 Å². The number of benzene rings is 1. The molecule has 0 spiro atoms. The van der Waals surface area contributed by atoms with E-state index in [0.717, 1.165) is 37.7 Å². The molecule has 0 N–H and O–H groups in total. The van der Waals surface area contributed by atoms with Crippen LogP contribution in [-0.2, 0) is 11.3 Å². The van der Waals surface area contributed by atoms with Crippen LogP contribution in [-0.4, -0.2) is 86.8 Å². The van der Waals surface area contributed by atoms with E-state index < -0.39 is 0 Å². The van der Waals surface area contributed by atoms with Crippen LogP contribution in [0.15, 0.2) is 30.6 Å². The Balaban J connectivity index is 1.57. The summed E-state index contributed by atoms with van der Waals surface area (Å²) in [6.07, 6.45) is 3.49. The van der Waals surface area contributed by atoms with Crippen molar-refractivity contribution in [2.24, 2.45) is 0 Å². The monoisotopic (exact) mass is 415 g/mol. The van der Waals surface area contributed by atoms with Crippen molar-refractivity contribution in [3.63, 3.8) is 0 Å². The van der Waals surface area contributed by atoms with Gasteiger partial charge in [-0.05, 0) is 18.2 Å². The number of hydrogen-bond acceptors (Lipinski definition) is 8. The van der Waals surface area contributed by atoms with Gasteiger partial charge in [0.05, 0.1) is 27.9 Å². The second kappa shape index (κ2) is 10.1. The summed E-state index contributed by atoms with van der Waals surface area (Å²) in [5, 5.41) is 0. The summed E-state index contributed by atoms with van der Waals surface area (Å²) >= 11 is 0. The fourth-order valence-electron chi connectivity index (χ4n) is 3.50. The van der Waals surface area contributed by atoms with Gasteiger partial charge in [0.25, 0.3) is 0 Å². The molecule has 30 heavy (non-hydrogen) atoms. The number of rotatable bonds is 8. The molecule has 0 atom stereocenters. The number of anilines is 1. The van der Waals surface area contributed by atoms with E-state index in [1.807, 2.05) is 18.2 Å². The average molecular weight is 415 g/mol. The highest BCUT2D eigenvalue weighted by Gasteiger charge is 2.23. The molecule has 1 amide bonds. The number of aromatic nitrogens is 2. The molecule has 0 radical (unpaired) electrons. The maximum atomic E-state index is 12.8. The summed E-state index contributed by atoms with van der Waals surface area (Å²) in [7, 11) is 6.53. The topological polar surface area (TPSA) is 80.3 Å². The van der Waals surface area contributed by atoms with Crippen molar-refractivity contribution >= 4 is 11.9 Å². The lowest BCUT2D eigenvalue weighted by atomic mass is 10.1. The molecule has 1 aromatic carbocycles. The first-order chi connectivity index (χ1) is 14.6. The summed E-state index contributed by atoms with van der Waals surface area (Å²) in [5.74, 6) is 2.48. The maximum absolute atomic E-state index is 12.8. The number of nitrogens with zero attached hydrogens (tertiary/aromatic N) is 5. The van der Waals surface area contributed by atoms with Gasteiger partial charge in [0, 0.05) is 57.7 Å². The third-order valence-electron chi connectivity index (χ3n) is 5.19. The number of amides is 1. The predicted molar refractivity (Wildman–Crippen MR) is 113 cm³/mol. The number of methoxy groups -OCH3 is 3. The second-order valence-corrected chi connectivity index (χ2v) is 7.06.